The lowest BCUT2D eigenvalue weighted by Gasteiger charge is -2.26. The summed E-state index contributed by atoms with van der Waals surface area (Å²) in [6.45, 7) is 6.12. The van der Waals surface area contributed by atoms with Crippen molar-refractivity contribution in [1.29, 1.82) is 0 Å². The predicted molar refractivity (Wildman–Crippen MR) is 108 cm³/mol. The third kappa shape index (κ3) is 5.04. The first kappa shape index (κ1) is 18.8. The number of hydrogen-bond donors (Lipinski definition) is 0. The third-order valence-electron chi connectivity index (χ3n) is 4.83. The number of halogens is 1. The number of benzene rings is 2. The Morgan fingerprint density at radius 2 is 1.74 bits per heavy atom. The highest BCUT2D eigenvalue weighted by Crippen LogP contribution is 2.31. The molecule has 0 saturated heterocycles. The standard InChI is InChI=1S/C24H24FNO/c1-3-24(2,19-14-16-20(25)17-15-19)18-8-10-21-9-7-13-23(26-21)27-22-11-5-4-6-12-22/h3-7,9,11-17H,1,8,10,18H2,2H3. The average molecular weight is 361 g/mol. The van der Waals surface area contributed by atoms with Gasteiger partial charge in [-0.1, -0.05) is 49.4 Å². The Morgan fingerprint density at radius 3 is 2.44 bits per heavy atom. The van der Waals surface area contributed by atoms with Gasteiger partial charge in [0.1, 0.15) is 11.6 Å². The summed E-state index contributed by atoms with van der Waals surface area (Å²) in [4.78, 5) is 4.60. The smallest absolute Gasteiger partial charge is 0.219 e. The SMILES string of the molecule is C=CC(C)(CCCc1cccc(Oc2ccccc2)n1)c1ccc(F)cc1. The van der Waals surface area contributed by atoms with Gasteiger partial charge in [-0.3, -0.25) is 0 Å². The van der Waals surface area contributed by atoms with Crippen LogP contribution in [0, 0.1) is 5.82 Å². The van der Waals surface area contributed by atoms with Gasteiger partial charge in [-0.15, -0.1) is 6.58 Å². The van der Waals surface area contributed by atoms with E-state index in [-0.39, 0.29) is 11.2 Å². The first-order valence-corrected chi connectivity index (χ1v) is 9.17. The van der Waals surface area contributed by atoms with Gasteiger partial charge in [0.2, 0.25) is 5.88 Å². The molecule has 0 N–H and O–H groups in total. The molecule has 3 aromatic rings. The number of pyridine rings is 1. The Kier molecular flexibility index (Phi) is 6.02. The molecule has 138 valence electrons. The quantitative estimate of drug-likeness (QED) is 0.428. The van der Waals surface area contributed by atoms with Crippen molar-refractivity contribution in [2.45, 2.75) is 31.6 Å². The van der Waals surface area contributed by atoms with Gasteiger partial charge >= 0.3 is 0 Å². The summed E-state index contributed by atoms with van der Waals surface area (Å²) < 4.78 is 19.0. The molecule has 2 aromatic carbocycles. The van der Waals surface area contributed by atoms with Crippen LogP contribution in [-0.4, -0.2) is 4.98 Å². The van der Waals surface area contributed by atoms with E-state index < -0.39 is 0 Å². The average Bonchev–Trinajstić information content (AvgIpc) is 2.69. The van der Waals surface area contributed by atoms with E-state index >= 15 is 0 Å². The van der Waals surface area contributed by atoms with Gasteiger partial charge in [0.15, 0.2) is 0 Å². The zero-order valence-electron chi connectivity index (χ0n) is 15.6. The number of hydrogen-bond acceptors (Lipinski definition) is 2. The summed E-state index contributed by atoms with van der Waals surface area (Å²) in [6, 6.07) is 22.2. The highest BCUT2D eigenvalue weighted by atomic mass is 19.1. The van der Waals surface area contributed by atoms with Crippen LogP contribution >= 0.6 is 0 Å². The van der Waals surface area contributed by atoms with Crippen LogP contribution < -0.4 is 4.74 Å². The van der Waals surface area contributed by atoms with Gasteiger partial charge < -0.3 is 4.74 Å². The van der Waals surface area contributed by atoms with Crippen LogP contribution in [0.25, 0.3) is 0 Å². The minimum atomic E-state index is -0.218. The van der Waals surface area contributed by atoms with Crippen molar-refractivity contribution < 1.29 is 9.13 Å². The van der Waals surface area contributed by atoms with Gasteiger partial charge in [0.25, 0.3) is 0 Å². The second kappa shape index (κ2) is 8.63. The Bertz CT molecular complexity index is 876. The molecule has 0 fully saturated rings. The highest BCUT2D eigenvalue weighted by molar-refractivity contribution is 5.30. The molecule has 2 nitrogen and oxygen atoms in total. The number of nitrogens with zero attached hydrogens (tertiary/aromatic N) is 1. The molecule has 0 bridgehead atoms. The Labute approximate surface area is 160 Å². The Morgan fingerprint density at radius 1 is 1.00 bits per heavy atom. The van der Waals surface area contributed by atoms with Crippen LogP contribution in [-0.2, 0) is 11.8 Å². The van der Waals surface area contributed by atoms with E-state index in [0.717, 1.165) is 36.3 Å². The summed E-state index contributed by atoms with van der Waals surface area (Å²) in [5.41, 5.74) is 1.88. The van der Waals surface area contributed by atoms with Crippen LogP contribution in [0.5, 0.6) is 11.6 Å². The van der Waals surface area contributed by atoms with Gasteiger partial charge in [-0.25, -0.2) is 9.37 Å². The van der Waals surface area contributed by atoms with E-state index in [2.05, 4.69) is 18.5 Å². The maximum atomic E-state index is 13.2. The van der Waals surface area contributed by atoms with E-state index in [1.54, 1.807) is 0 Å². The van der Waals surface area contributed by atoms with E-state index in [4.69, 9.17) is 4.74 Å². The van der Waals surface area contributed by atoms with Crippen LogP contribution in [0.15, 0.2) is 85.5 Å². The third-order valence-corrected chi connectivity index (χ3v) is 4.83. The molecular formula is C24H24FNO. The molecule has 0 spiro atoms. The normalized spacial score (nSPS) is 13.0. The van der Waals surface area contributed by atoms with Gasteiger partial charge in [0, 0.05) is 17.2 Å². The zero-order valence-corrected chi connectivity index (χ0v) is 15.6. The minimum absolute atomic E-state index is 0.189. The summed E-state index contributed by atoms with van der Waals surface area (Å²) in [6.07, 6.45) is 4.65. The molecule has 0 aliphatic rings. The summed E-state index contributed by atoms with van der Waals surface area (Å²) >= 11 is 0. The molecule has 1 atom stereocenters. The molecule has 0 aliphatic carbocycles. The first-order chi connectivity index (χ1) is 13.1. The molecule has 0 amide bonds. The maximum Gasteiger partial charge on any atom is 0.219 e. The molecule has 0 aliphatic heterocycles. The number of para-hydroxylation sites is 1. The monoisotopic (exact) mass is 361 g/mol. The van der Waals surface area contributed by atoms with Crippen LogP contribution in [0.3, 0.4) is 0 Å². The molecular weight excluding hydrogens is 337 g/mol. The number of rotatable bonds is 8. The van der Waals surface area contributed by atoms with Gasteiger partial charge in [-0.2, -0.15) is 0 Å². The van der Waals surface area contributed by atoms with Gasteiger partial charge in [-0.05, 0) is 55.2 Å². The Hall–Kier alpha value is -2.94. The molecule has 0 saturated carbocycles. The summed E-state index contributed by atoms with van der Waals surface area (Å²) in [5.74, 6) is 1.16. The lowest BCUT2D eigenvalue weighted by atomic mass is 9.78. The lowest BCUT2D eigenvalue weighted by molar-refractivity contribution is 0.458. The first-order valence-electron chi connectivity index (χ1n) is 9.17. The molecule has 1 heterocycles. The fourth-order valence-corrected chi connectivity index (χ4v) is 3.09. The van der Waals surface area contributed by atoms with Crippen molar-refractivity contribution >= 4 is 0 Å². The molecule has 27 heavy (non-hydrogen) atoms. The van der Waals surface area contributed by atoms with Gasteiger partial charge in [0.05, 0.1) is 0 Å². The molecule has 1 aromatic heterocycles. The molecule has 1 unspecified atom stereocenters. The maximum absolute atomic E-state index is 13.2. The topological polar surface area (TPSA) is 22.1 Å². The van der Waals surface area contributed by atoms with Crippen molar-refractivity contribution in [2.24, 2.45) is 0 Å². The number of aryl methyl sites for hydroxylation is 1. The van der Waals surface area contributed by atoms with E-state index in [0.29, 0.717) is 5.88 Å². The molecule has 0 radical (unpaired) electrons. The van der Waals surface area contributed by atoms with Crippen molar-refractivity contribution in [3.63, 3.8) is 0 Å². The minimum Gasteiger partial charge on any atom is -0.439 e. The number of allylic oxidation sites excluding steroid dienone is 1. The fourth-order valence-electron chi connectivity index (χ4n) is 3.09. The number of ether oxygens (including phenoxy) is 1. The van der Waals surface area contributed by atoms with Crippen LogP contribution in [0.4, 0.5) is 4.39 Å². The van der Waals surface area contributed by atoms with E-state index in [1.807, 2.05) is 66.7 Å². The lowest BCUT2D eigenvalue weighted by Crippen LogP contribution is -2.19. The predicted octanol–water partition coefficient (Wildman–Crippen LogP) is 6.48. The fraction of sp³-hybridized carbons (Fsp3) is 0.208. The second-order valence-corrected chi connectivity index (χ2v) is 6.86. The van der Waals surface area contributed by atoms with Crippen molar-refractivity contribution in [2.75, 3.05) is 0 Å². The second-order valence-electron chi connectivity index (χ2n) is 6.86. The van der Waals surface area contributed by atoms with Crippen molar-refractivity contribution in [3.05, 3.63) is 103 Å². The summed E-state index contributed by atoms with van der Waals surface area (Å²) in [5, 5.41) is 0. The van der Waals surface area contributed by atoms with E-state index in [1.165, 1.54) is 12.1 Å². The largest absolute Gasteiger partial charge is 0.439 e. The number of aromatic nitrogens is 1. The van der Waals surface area contributed by atoms with E-state index in [9.17, 15) is 4.39 Å². The summed E-state index contributed by atoms with van der Waals surface area (Å²) in [7, 11) is 0. The Balaban J connectivity index is 1.61. The van der Waals surface area contributed by atoms with Crippen LogP contribution in [0.1, 0.15) is 31.0 Å². The molecule has 3 rings (SSSR count). The van der Waals surface area contributed by atoms with Crippen molar-refractivity contribution in [3.8, 4) is 11.6 Å². The van der Waals surface area contributed by atoms with Crippen molar-refractivity contribution in [1.82, 2.24) is 4.98 Å². The highest BCUT2D eigenvalue weighted by Gasteiger charge is 2.22. The molecule has 3 heteroatoms. The zero-order chi connectivity index (χ0) is 19.1. The van der Waals surface area contributed by atoms with Crippen LogP contribution in [0.2, 0.25) is 0 Å².